The van der Waals surface area contributed by atoms with Crippen molar-refractivity contribution in [1.82, 2.24) is 10.3 Å². The smallest absolute Gasteiger partial charge is 0.339 e. The number of nitrogens with one attached hydrogen (secondary N) is 1. The Kier molecular flexibility index (Phi) is 4.89. The summed E-state index contributed by atoms with van der Waals surface area (Å²) < 4.78 is 10.8. The molecule has 3 rings (SSSR count). The maximum Gasteiger partial charge on any atom is 0.339 e. The van der Waals surface area contributed by atoms with E-state index in [0.29, 0.717) is 28.1 Å². The number of urea groups is 1. The summed E-state index contributed by atoms with van der Waals surface area (Å²) in [5, 5.41) is 2.44. The largest absolute Gasteiger partial charge is 0.460 e. The molecule has 27 heavy (non-hydrogen) atoms. The summed E-state index contributed by atoms with van der Waals surface area (Å²) >= 11 is 0. The van der Waals surface area contributed by atoms with E-state index < -0.39 is 24.0 Å². The van der Waals surface area contributed by atoms with Crippen molar-refractivity contribution in [2.45, 2.75) is 20.0 Å². The van der Waals surface area contributed by atoms with Gasteiger partial charge >= 0.3 is 12.0 Å². The molecule has 3 N–H and O–H groups in total. The molecule has 0 radical (unpaired) electrons. The van der Waals surface area contributed by atoms with Crippen molar-refractivity contribution in [2.24, 2.45) is 5.73 Å². The third-order valence-corrected chi connectivity index (χ3v) is 3.83. The number of ether oxygens (including phenoxy) is 1. The molecule has 8 heteroatoms. The second-order valence-electron chi connectivity index (χ2n) is 5.88. The number of furan rings is 1. The molecule has 0 fully saturated rings. The van der Waals surface area contributed by atoms with Crippen molar-refractivity contribution in [3.05, 3.63) is 53.8 Å². The van der Waals surface area contributed by atoms with E-state index in [4.69, 9.17) is 14.9 Å². The minimum atomic E-state index is -1.20. The number of carbonyl (C=O) groups is 3. The molecule has 2 aromatic heterocycles. The third-order valence-electron chi connectivity index (χ3n) is 3.83. The van der Waals surface area contributed by atoms with E-state index in [9.17, 15) is 14.4 Å². The molecule has 8 nitrogen and oxygen atoms in total. The molecule has 0 aliphatic carbocycles. The van der Waals surface area contributed by atoms with E-state index in [1.807, 2.05) is 5.32 Å². The molecule has 0 aliphatic rings. The van der Waals surface area contributed by atoms with Crippen molar-refractivity contribution < 1.29 is 23.5 Å². The van der Waals surface area contributed by atoms with Gasteiger partial charge in [0.05, 0.1) is 11.1 Å². The van der Waals surface area contributed by atoms with E-state index in [1.165, 1.54) is 6.92 Å². The summed E-state index contributed by atoms with van der Waals surface area (Å²) in [5.74, 6) is -0.325. The minimum Gasteiger partial charge on any atom is -0.460 e. The Bertz CT molecular complexity index is 1040. The monoisotopic (exact) mass is 367 g/mol. The van der Waals surface area contributed by atoms with Crippen LogP contribution in [0, 0.1) is 6.92 Å². The summed E-state index contributed by atoms with van der Waals surface area (Å²) in [7, 11) is 0. The quantitative estimate of drug-likeness (QED) is 0.683. The Labute approximate surface area is 154 Å². The molecule has 0 saturated heterocycles. The molecule has 0 spiro atoms. The maximum absolute atomic E-state index is 12.7. The summed E-state index contributed by atoms with van der Waals surface area (Å²) in [5.41, 5.74) is 6.16. The fourth-order valence-electron chi connectivity index (χ4n) is 2.54. The van der Waals surface area contributed by atoms with Crippen LogP contribution < -0.4 is 11.1 Å². The highest BCUT2D eigenvalue weighted by molar-refractivity contribution is 6.05. The van der Waals surface area contributed by atoms with Crippen molar-refractivity contribution >= 4 is 28.8 Å². The first-order chi connectivity index (χ1) is 12.8. The van der Waals surface area contributed by atoms with Gasteiger partial charge in [-0.15, -0.1) is 0 Å². The highest BCUT2D eigenvalue weighted by Crippen LogP contribution is 2.27. The van der Waals surface area contributed by atoms with Crippen LogP contribution in [0.4, 0.5) is 4.79 Å². The van der Waals surface area contributed by atoms with Crippen LogP contribution in [0.5, 0.6) is 0 Å². The fraction of sp³-hybridized carbons (Fsp3) is 0.158. The lowest BCUT2D eigenvalue weighted by atomic mass is 10.1. The SMILES string of the molecule is Cc1ccc(-c2cc(C(=O)O[C@H](C)C(=O)NC(N)=O)c3ccccc3n2)o1. The fourth-order valence-corrected chi connectivity index (χ4v) is 2.54. The lowest BCUT2D eigenvalue weighted by Crippen LogP contribution is -2.42. The van der Waals surface area contributed by atoms with Crippen LogP contribution in [0.15, 0.2) is 46.9 Å². The van der Waals surface area contributed by atoms with Gasteiger partial charge in [0.15, 0.2) is 11.9 Å². The molecular weight excluding hydrogens is 350 g/mol. The highest BCUT2D eigenvalue weighted by Gasteiger charge is 2.22. The van der Waals surface area contributed by atoms with Gasteiger partial charge in [-0.25, -0.2) is 14.6 Å². The van der Waals surface area contributed by atoms with Crippen LogP contribution in [-0.4, -0.2) is 29.0 Å². The number of para-hydroxylation sites is 1. The number of nitrogens with zero attached hydrogens (tertiary/aromatic N) is 1. The number of aromatic nitrogens is 1. The number of rotatable bonds is 4. The number of primary amides is 1. The minimum absolute atomic E-state index is 0.225. The molecule has 0 bridgehead atoms. The van der Waals surface area contributed by atoms with Gasteiger partial charge in [0.2, 0.25) is 0 Å². The predicted octanol–water partition coefficient (Wildman–Crippen LogP) is 2.54. The number of hydrogen-bond donors (Lipinski definition) is 2. The number of fused-ring (bicyclic) bond motifs is 1. The van der Waals surface area contributed by atoms with Gasteiger partial charge in [0.1, 0.15) is 11.5 Å². The first-order valence-electron chi connectivity index (χ1n) is 8.13. The average Bonchev–Trinajstić information content (AvgIpc) is 3.06. The van der Waals surface area contributed by atoms with Gasteiger partial charge in [-0.2, -0.15) is 0 Å². The van der Waals surface area contributed by atoms with Gasteiger partial charge in [0, 0.05) is 5.39 Å². The van der Waals surface area contributed by atoms with Crippen molar-refractivity contribution in [1.29, 1.82) is 0 Å². The van der Waals surface area contributed by atoms with E-state index in [2.05, 4.69) is 4.98 Å². The van der Waals surface area contributed by atoms with Crippen LogP contribution in [0.3, 0.4) is 0 Å². The average molecular weight is 367 g/mol. The van der Waals surface area contributed by atoms with Crippen LogP contribution in [0.1, 0.15) is 23.0 Å². The first-order valence-corrected chi connectivity index (χ1v) is 8.13. The standard InChI is InChI=1S/C19H17N3O5/c1-10-7-8-16(26-10)15-9-13(12-5-3-4-6-14(12)21-15)18(24)27-11(2)17(23)22-19(20)25/h3-9,11H,1-2H3,(H3,20,22,23,25)/t11-/m1/s1. The van der Waals surface area contributed by atoms with Crippen molar-refractivity contribution in [2.75, 3.05) is 0 Å². The second kappa shape index (κ2) is 7.28. The number of carbonyl (C=O) groups excluding carboxylic acids is 3. The van der Waals surface area contributed by atoms with Crippen LogP contribution in [-0.2, 0) is 9.53 Å². The molecule has 2 heterocycles. The van der Waals surface area contributed by atoms with E-state index >= 15 is 0 Å². The molecule has 1 aromatic carbocycles. The Hall–Kier alpha value is -3.68. The number of pyridine rings is 1. The lowest BCUT2D eigenvalue weighted by Gasteiger charge is -2.13. The van der Waals surface area contributed by atoms with Gasteiger partial charge in [-0.05, 0) is 38.1 Å². The van der Waals surface area contributed by atoms with Gasteiger partial charge in [-0.1, -0.05) is 18.2 Å². The van der Waals surface area contributed by atoms with Gasteiger partial charge in [0.25, 0.3) is 5.91 Å². The number of hydrogen-bond acceptors (Lipinski definition) is 6. The molecule has 1 atom stereocenters. The zero-order valence-corrected chi connectivity index (χ0v) is 14.7. The van der Waals surface area contributed by atoms with E-state index in [1.54, 1.807) is 49.4 Å². The van der Waals surface area contributed by atoms with Crippen LogP contribution in [0.2, 0.25) is 0 Å². The summed E-state index contributed by atoms with van der Waals surface area (Å²) in [4.78, 5) is 39.7. The van der Waals surface area contributed by atoms with Crippen molar-refractivity contribution in [3.8, 4) is 11.5 Å². The topological polar surface area (TPSA) is 125 Å². The summed E-state index contributed by atoms with van der Waals surface area (Å²) in [6, 6.07) is 11.1. The molecule has 0 saturated carbocycles. The number of benzene rings is 1. The third kappa shape index (κ3) is 3.95. The molecular formula is C19H17N3O5. The van der Waals surface area contributed by atoms with E-state index in [-0.39, 0.29) is 5.56 Å². The molecule has 3 amide bonds. The van der Waals surface area contributed by atoms with Crippen molar-refractivity contribution in [3.63, 3.8) is 0 Å². The number of aryl methyl sites for hydroxylation is 1. The number of esters is 1. The molecule has 0 unspecified atom stereocenters. The lowest BCUT2D eigenvalue weighted by molar-refractivity contribution is -0.127. The maximum atomic E-state index is 12.7. The highest BCUT2D eigenvalue weighted by atomic mass is 16.5. The van der Waals surface area contributed by atoms with Gasteiger partial charge < -0.3 is 14.9 Å². The molecule has 0 aliphatic heterocycles. The summed E-state index contributed by atoms with van der Waals surface area (Å²) in [6.45, 7) is 3.15. The van der Waals surface area contributed by atoms with Gasteiger partial charge in [-0.3, -0.25) is 10.1 Å². The Balaban J connectivity index is 1.98. The Morgan fingerprint density at radius 2 is 1.93 bits per heavy atom. The Morgan fingerprint density at radius 3 is 2.59 bits per heavy atom. The normalized spacial score (nSPS) is 11.8. The number of imide groups is 1. The zero-order valence-electron chi connectivity index (χ0n) is 14.7. The zero-order chi connectivity index (χ0) is 19.6. The van der Waals surface area contributed by atoms with Crippen LogP contribution >= 0.6 is 0 Å². The number of amides is 3. The Morgan fingerprint density at radius 1 is 1.19 bits per heavy atom. The predicted molar refractivity (Wildman–Crippen MR) is 96.8 cm³/mol. The molecule has 138 valence electrons. The first kappa shape index (κ1) is 18.1. The van der Waals surface area contributed by atoms with E-state index in [0.717, 1.165) is 0 Å². The number of nitrogens with two attached hydrogens (primary N) is 1. The second-order valence-corrected chi connectivity index (χ2v) is 5.88. The molecule has 3 aromatic rings. The van der Waals surface area contributed by atoms with Crippen LogP contribution in [0.25, 0.3) is 22.4 Å². The summed E-state index contributed by atoms with van der Waals surface area (Å²) in [6.07, 6.45) is -1.20.